The van der Waals surface area contributed by atoms with Crippen LogP contribution in [0.5, 0.6) is 0 Å². The number of halogens is 1. The lowest BCUT2D eigenvalue weighted by molar-refractivity contribution is 0.968. The first kappa shape index (κ1) is 14.0. The molecule has 5 heteroatoms. The van der Waals surface area contributed by atoms with E-state index >= 15 is 0 Å². The maximum Gasteiger partial charge on any atom is 0.225 e. The van der Waals surface area contributed by atoms with E-state index in [0.29, 0.717) is 12.0 Å². The third-order valence-corrected chi connectivity index (χ3v) is 4.70. The van der Waals surface area contributed by atoms with E-state index in [0.717, 1.165) is 27.6 Å². The van der Waals surface area contributed by atoms with Gasteiger partial charge in [-0.1, -0.05) is 6.07 Å². The molecule has 0 radical (unpaired) electrons. The number of hydrogen-bond donors (Lipinski definition) is 2. The zero-order chi connectivity index (χ0) is 15.1. The van der Waals surface area contributed by atoms with E-state index in [1.807, 2.05) is 0 Å². The van der Waals surface area contributed by atoms with Gasteiger partial charge in [0.15, 0.2) is 0 Å². The van der Waals surface area contributed by atoms with Crippen molar-refractivity contribution in [1.29, 1.82) is 0 Å². The fraction of sp³-hybridized carbons (Fsp3) is 0.412. The molecule has 2 fully saturated rings. The minimum atomic E-state index is 0.563. The summed E-state index contributed by atoms with van der Waals surface area (Å²) < 4.78 is 1.05. The molecule has 1 heterocycles. The second-order valence-corrected chi connectivity index (χ2v) is 7.16. The monoisotopic (exact) mass is 358 g/mol. The lowest BCUT2D eigenvalue weighted by Crippen LogP contribution is -2.08. The number of nitrogens with zero attached hydrogens (tertiary/aromatic N) is 2. The summed E-state index contributed by atoms with van der Waals surface area (Å²) in [4.78, 5) is 9.31. The van der Waals surface area contributed by atoms with Crippen LogP contribution in [0.25, 0.3) is 0 Å². The molecule has 2 aliphatic carbocycles. The van der Waals surface area contributed by atoms with E-state index in [4.69, 9.17) is 0 Å². The Morgan fingerprint density at radius 3 is 2.59 bits per heavy atom. The first-order valence-electron chi connectivity index (χ1n) is 7.86. The Balaban J connectivity index is 1.62. The van der Waals surface area contributed by atoms with Crippen molar-refractivity contribution < 1.29 is 0 Å². The van der Waals surface area contributed by atoms with E-state index < -0.39 is 0 Å². The molecule has 4 nitrogen and oxygen atoms in total. The zero-order valence-electron chi connectivity index (χ0n) is 12.6. The number of anilines is 3. The lowest BCUT2D eigenvalue weighted by atomic mass is 10.2. The molecule has 0 atom stereocenters. The largest absolute Gasteiger partial charge is 0.351 e. The molecule has 0 amide bonds. The van der Waals surface area contributed by atoms with Gasteiger partial charge in [-0.2, -0.15) is 4.98 Å². The smallest absolute Gasteiger partial charge is 0.225 e. The van der Waals surface area contributed by atoms with Crippen molar-refractivity contribution in [3.05, 3.63) is 40.0 Å². The topological polar surface area (TPSA) is 49.8 Å². The molecule has 0 aliphatic heterocycles. The Morgan fingerprint density at radius 1 is 1.09 bits per heavy atom. The van der Waals surface area contributed by atoms with Crippen LogP contribution in [0.1, 0.15) is 42.9 Å². The predicted octanol–water partition coefficient (Wildman–Crippen LogP) is 4.74. The normalized spacial score (nSPS) is 17.4. The molecule has 1 aromatic carbocycles. The van der Waals surface area contributed by atoms with Gasteiger partial charge in [0.05, 0.1) is 11.4 Å². The first-order valence-corrected chi connectivity index (χ1v) is 8.65. The summed E-state index contributed by atoms with van der Waals surface area (Å²) >= 11 is 3.61. The van der Waals surface area contributed by atoms with Gasteiger partial charge in [-0.25, -0.2) is 4.98 Å². The highest BCUT2D eigenvalue weighted by molar-refractivity contribution is 9.10. The van der Waals surface area contributed by atoms with Crippen LogP contribution in [0.2, 0.25) is 0 Å². The van der Waals surface area contributed by atoms with Gasteiger partial charge in [0.2, 0.25) is 5.95 Å². The van der Waals surface area contributed by atoms with Crippen LogP contribution in [0.3, 0.4) is 0 Å². The maximum absolute atomic E-state index is 4.68. The van der Waals surface area contributed by atoms with Gasteiger partial charge in [-0.15, -0.1) is 0 Å². The maximum atomic E-state index is 4.68. The highest BCUT2D eigenvalue weighted by Gasteiger charge is 2.27. The van der Waals surface area contributed by atoms with Crippen molar-refractivity contribution in [2.24, 2.45) is 0 Å². The Kier molecular flexibility index (Phi) is 3.53. The van der Waals surface area contributed by atoms with Crippen molar-refractivity contribution in [3.63, 3.8) is 0 Å². The molecule has 114 valence electrons. The predicted molar refractivity (Wildman–Crippen MR) is 92.8 cm³/mol. The van der Waals surface area contributed by atoms with Gasteiger partial charge in [-0.3, -0.25) is 0 Å². The molecule has 1 aromatic heterocycles. The average molecular weight is 359 g/mol. The molecule has 2 saturated carbocycles. The minimum Gasteiger partial charge on any atom is -0.351 e. The van der Waals surface area contributed by atoms with Gasteiger partial charge in [-0.05, 0) is 66.2 Å². The highest BCUT2D eigenvalue weighted by atomic mass is 79.9. The molecule has 0 saturated heterocycles. The van der Waals surface area contributed by atoms with E-state index in [1.165, 1.54) is 31.2 Å². The molecule has 2 aliphatic rings. The number of aromatic nitrogens is 2. The quantitative estimate of drug-likeness (QED) is 0.809. The molecule has 2 aromatic rings. The van der Waals surface area contributed by atoms with Gasteiger partial charge in [0.1, 0.15) is 5.82 Å². The third-order valence-electron chi connectivity index (χ3n) is 4.04. The van der Waals surface area contributed by atoms with Crippen LogP contribution in [0.15, 0.2) is 28.7 Å². The summed E-state index contributed by atoms with van der Waals surface area (Å²) in [6.45, 7) is 2.09. The summed E-state index contributed by atoms with van der Waals surface area (Å²) in [5.41, 5.74) is 3.42. The van der Waals surface area contributed by atoms with Crippen molar-refractivity contribution in [3.8, 4) is 0 Å². The Morgan fingerprint density at radius 2 is 1.91 bits per heavy atom. The molecule has 22 heavy (non-hydrogen) atoms. The van der Waals surface area contributed by atoms with Crippen molar-refractivity contribution >= 4 is 33.4 Å². The number of nitrogens with one attached hydrogen (secondary N) is 2. The summed E-state index contributed by atoms with van der Waals surface area (Å²) in [5, 5.41) is 6.83. The van der Waals surface area contributed by atoms with Crippen LogP contribution >= 0.6 is 15.9 Å². The fourth-order valence-electron chi connectivity index (χ4n) is 2.45. The summed E-state index contributed by atoms with van der Waals surface area (Å²) in [7, 11) is 0. The molecule has 0 bridgehead atoms. The Labute approximate surface area is 138 Å². The molecular weight excluding hydrogens is 340 g/mol. The number of aryl methyl sites for hydroxylation is 1. The van der Waals surface area contributed by atoms with Crippen LogP contribution < -0.4 is 10.6 Å². The van der Waals surface area contributed by atoms with Crippen LogP contribution in [0, 0.1) is 6.92 Å². The summed E-state index contributed by atoms with van der Waals surface area (Å²) in [6, 6.07) is 8.93. The summed E-state index contributed by atoms with van der Waals surface area (Å²) in [6.07, 6.45) is 4.94. The highest BCUT2D eigenvalue weighted by Crippen LogP contribution is 2.40. The van der Waals surface area contributed by atoms with E-state index in [1.54, 1.807) is 0 Å². The number of hydrogen-bond acceptors (Lipinski definition) is 4. The van der Waals surface area contributed by atoms with E-state index in [-0.39, 0.29) is 0 Å². The van der Waals surface area contributed by atoms with Crippen LogP contribution in [-0.2, 0) is 0 Å². The number of benzene rings is 1. The lowest BCUT2D eigenvalue weighted by Gasteiger charge is -2.12. The first-order chi connectivity index (χ1) is 10.7. The molecule has 0 unspecified atom stereocenters. The standard InChI is InChI=1S/C17H19BrN4/c1-10-2-7-14(13(18)8-10)20-16-9-15(11-3-4-11)21-17(22-16)19-12-5-6-12/h2,7-9,11-12H,3-6H2,1H3,(H2,19,20,21,22). The van der Waals surface area contributed by atoms with Crippen LogP contribution in [0.4, 0.5) is 17.5 Å². The zero-order valence-corrected chi connectivity index (χ0v) is 14.2. The number of rotatable bonds is 5. The van der Waals surface area contributed by atoms with Gasteiger partial charge < -0.3 is 10.6 Å². The van der Waals surface area contributed by atoms with E-state index in [2.05, 4.69) is 67.7 Å². The minimum absolute atomic E-state index is 0.563. The Bertz CT molecular complexity index is 708. The third kappa shape index (κ3) is 3.24. The second kappa shape index (κ2) is 5.54. The molecule has 2 N–H and O–H groups in total. The van der Waals surface area contributed by atoms with Gasteiger partial charge in [0, 0.05) is 22.5 Å². The average Bonchev–Trinajstić information content (AvgIpc) is 3.35. The van der Waals surface area contributed by atoms with Crippen molar-refractivity contribution in [2.45, 2.75) is 44.6 Å². The molecular formula is C17H19BrN4. The van der Waals surface area contributed by atoms with Gasteiger partial charge in [0.25, 0.3) is 0 Å². The molecule has 0 spiro atoms. The van der Waals surface area contributed by atoms with Gasteiger partial charge >= 0.3 is 0 Å². The van der Waals surface area contributed by atoms with Crippen molar-refractivity contribution in [2.75, 3.05) is 10.6 Å². The fourth-order valence-corrected chi connectivity index (χ4v) is 3.04. The molecule has 4 rings (SSSR count). The Hall–Kier alpha value is -1.62. The second-order valence-electron chi connectivity index (χ2n) is 6.30. The SMILES string of the molecule is Cc1ccc(Nc2cc(C3CC3)nc(NC3CC3)n2)c(Br)c1. The van der Waals surface area contributed by atoms with E-state index in [9.17, 15) is 0 Å². The summed E-state index contributed by atoms with van der Waals surface area (Å²) in [5.74, 6) is 2.24. The van der Waals surface area contributed by atoms with Crippen molar-refractivity contribution in [1.82, 2.24) is 9.97 Å². The van der Waals surface area contributed by atoms with Crippen LogP contribution in [-0.4, -0.2) is 16.0 Å².